The Kier molecular flexibility index (Phi) is 6.61. The quantitative estimate of drug-likeness (QED) is 0.651. The number of piperidine rings is 1. The predicted molar refractivity (Wildman–Crippen MR) is 120 cm³/mol. The van der Waals surface area contributed by atoms with Crippen LogP contribution in [0.25, 0.3) is 11.1 Å². The van der Waals surface area contributed by atoms with Crippen molar-refractivity contribution in [2.24, 2.45) is 11.8 Å². The predicted octanol–water partition coefficient (Wildman–Crippen LogP) is 2.95. The molecule has 7 nitrogen and oxygen atoms in total. The Hall–Kier alpha value is -2.83. The van der Waals surface area contributed by atoms with Gasteiger partial charge in [0.1, 0.15) is 6.04 Å². The highest BCUT2D eigenvalue weighted by Crippen LogP contribution is 2.35. The Labute approximate surface area is 197 Å². The van der Waals surface area contributed by atoms with Crippen molar-refractivity contribution in [3.05, 3.63) is 41.7 Å². The van der Waals surface area contributed by atoms with Crippen molar-refractivity contribution in [2.75, 3.05) is 13.2 Å². The zero-order valence-electron chi connectivity index (χ0n) is 19.0. The average molecular weight is 470 g/mol. The molecule has 4 atom stereocenters. The number of amides is 1. The van der Waals surface area contributed by atoms with E-state index in [0.29, 0.717) is 24.1 Å². The highest BCUT2D eigenvalue weighted by molar-refractivity contribution is 5.83. The Morgan fingerprint density at radius 2 is 2.09 bits per heavy atom. The second-order valence-electron chi connectivity index (χ2n) is 9.72. The number of nitrogens with zero attached hydrogens (tertiary/aromatic N) is 3. The third-order valence-corrected chi connectivity index (χ3v) is 7.43. The molecule has 1 aromatic heterocycles. The summed E-state index contributed by atoms with van der Waals surface area (Å²) in [6.45, 7) is 2.19. The molecule has 9 heteroatoms. The maximum Gasteiger partial charge on any atom is 0.238 e. The largest absolute Gasteiger partial charge is 0.381 e. The average Bonchev–Trinajstić information content (AvgIpc) is 3.60. The van der Waals surface area contributed by atoms with Gasteiger partial charge in [-0.3, -0.25) is 9.48 Å². The van der Waals surface area contributed by atoms with Crippen molar-refractivity contribution in [2.45, 2.75) is 63.2 Å². The molecule has 0 spiro atoms. The number of carbonyl (C=O) groups is 1. The van der Waals surface area contributed by atoms with Gasteiger partial charge in [-0.05, 0) is 49.5 Å². The number of fused-ring (bicyclic) bond motifs is 2. The van der Waals surface area contributed by atoms with E-state index >= 15 is 0 Å². The molecule has 3 aliphatic rings. The van der Waals surface area contributed by atoms with Crippen LogP contribution in [0.4, 0.5) is 8.78 Å². The van der Waals surface area contributed by atoms with Gasteiger partial charge in [0.25, 0.3) is 0 Å². The Morgan fingerprint density at radius 1 is 1.26 bits per heavy atom. The standard InChI is InChI=1S/C25H29F2N5O2/c26-22-16(9-20(11-28)31-25(33)24-17-1-3-19(10-17)30-24)2-4-21(23(22)27)18-12-29-32(14-18)13-15-5-7-34-8-6-15/h2,4,12,14-15,17,19-20,24,30H,1,3,5-10,13H2,(H,31,33)/t17?,19-,20+,24+/m1/s1. The van der Waals surface area contributed by atoms with Crippen LogP contribution < -0.4 is 10.6 Å². The molecule has 2 aromatic rings. The lowest BCUT2D eigenvalue weighted by molar-refractivity contribution is -0.124. The van der Waals surface area contributed by atoms with Crippen LogP contribution >= 0.6 is 0 Å². The van der Waals surface area contributed by atoms with Gasteiger partial charge >= 0.3 is 0 Å². The molecular formula is C25H29F2N5O2. The van der Waals surface area contributed by atoms with Crippen molar-refractivity contribution in [3.63, 3.8) is 0 Å². The van der Waals surface area contributed by atoms with Gasteiger partial charge in [-0.1, -0.05) is 12.1 Å². The van der Waals surface area contributed by atoms with Gasteiger partial charge in [0.2, 0.25) is 5.91 Å². The SMILES string of the molecule is N#C[C@H](Cc1ccc(-c2cnn(CC3CCOCC3)c2)c(F)c1F)NC(=O)[C@H]1N[C@@H]2CCC1C2. The monoisotopic (exact) mass is 469 g/mol. The highest BCUT2D eigenvalue weighted by atomic mass is 19.2. The van der Waals surface area contributed by atoms with E-state index < -0.39 is 17.7 Å². The summed E-state index contributed by atoms with van der Waals surface area (Å²) in [5.41, 5.74) is 0.689. The number of benzene rings is 1. The number of halogens is 2. The second-order valence-corrected chi connectivity index (χ2v) is 9.72. The molecule has 5 rings (SSSR count). The molecule has 0 radical (unpaired) electrons. The molecule has 2 bridgehead atoms. The van der Waals surface area contributed by atoms with Crippen molar-refractivity contribution in [1.29, 1.82) is 5.26 Å². The Morgan fingerprint density at radius 3 is 2.79 bits per heavy atom. The molecule has 1 amide bonds. The minimum Gasteiger partial charge on any atom is -0.381 e. The molecule has 3 heterocycles. The van der Waals surface area contributed by atoms with Crippen molar-refractivity contribution >= 4 is 5.91 Å². The third kappa shape index (κ3) is 4.70. The minimum absolute atomic E-state index is 0.0589. The van der Waals surface area contributed by atoms with Gasteiger partial charge in [0.05, 0.1) is 18.3 Å². The molecule has 1 unspecified atom stereocenters. The summed E-state index contributed by atoms with van der Waals surface area (Å²) in [5, 5.41) is 19.8. The lowest BCUT2D eigenvalue weighted by Crippen LogP contribution is -2.50. The Bertz CT molecular complexity index is 1090. The highest BCUT2D eigenvalue weighted by Gasteiger charge is 2.43. The number of aromatic nitrogens is 2. The van der Waals surface area contributed by atoms with Crippen molar-refractivity contribution in [3.8, 4) is 17.2 Å². The number of nitriles is 1. The fraction of sp³-hybridized carbons (Fsp3) is 0.560. The fourth-order valence-electron chi connectivity index (χ4n) is 5.53. The summed E-state index contributed by atoms with van der Waals surface area (Å²) >= 11 is 0. The van der Waals surface area contributed by atoms with Gasteiger partial charge in [0.15, 0.2) is 11.6 Å². The van der Waals surface area contributed by atoms with Gasteiger partial charge in [0, 0.05) is 49.5 Å². The summed E-state index contributed by atoms with van der Waals surface area (Å²) in [6.07, 6.45) is 8.13. The van der Waals surface area contributed by atoms with E-state index in [9.17, 15) is 18.8 Å². The van der Waals surface area contributed by atoms with Crippen molar-refractivity contribution < 1.29 is 18.3 Å². The fourth-order valence-corrected chi connectivity index (χ4v) is 5.53. The zero-order valence-corrected chi connectivity index (χ0v) is 19.0. The normalized spacial score (nSPS) is 25.3. The lowest BCUT2D eigenvalue weighted by atomic mass is 9.98. The van der Waals surface area contributed by atoms with Crippen LogP contribution in [-0.2, 0) is 22.5 Å². The first-order valence-electron chi connectivity index (χ1n) is 12.0. The van der Waals surface area contributed by atoms with Crippen LogP contribution in [-0.4, -0.2) is 47.0 Å². The van der Waals surface area contributed by atoms with E-state index in [0.717, 1.165) is 45.3 Å². The molecule has 180 valence electrons. The van der Waals surface area contributed by atoms with E-state index in [1.165, 1.54) is 18.3 Å². The molecule has 2 aliphatic heterocycles. The van der Waals surface area contributed by atoms with E-state index in [-0.39, 0.29) is 35.4 Å². The first kappa shape index (κ1) is 22.9. The van der Waals surface area contributed by atoms with Gasteiger partial charge < -0.3 is 15.4 Å². The van der Waals surface area contributed by atoms with E-state index in [2.05, 4.69) is 15.7 Å². The summed E-state index contributed by atoms with van der Waals surface area (Å²) < 4.78 is 37.0. The molecular weight excluding hydrogens is 440 g/mol. The smallest absolute Gasteiger partial charge is 0.238 e. The Balaban J connectivity index is 1.24. The molecule has 2 N–H and O–H groups in total. The third-order valence-electron chi connectivity index (χ3n) is 7.43. The summed E-state index contributed by atoms with van der Waals surface area (Å²) in [4.78, 5) is 12.6. The van der Waals surface area contributed by atoms with E-state index in [4.69, 9.17) is 4.74 Å². The first-order valence-corrected chi connectivity index (χ1v) is 12.0. The second kappa shape index (κ2) is 9.80. The lowest BCUT2D eigenvalue weighted by Gasteiger charge is -2.23. The molecule has 1 aromatic carbocycles. The summed E-state index contributed by atoms with van der Waals surface area (Å²) in [5.74, 6) is -1.47. The van der Waals surface area contributed by atoms with Crippen LogP contribution in [0.5, 0.6) is 0 Å². The topological polar surface area (TPSA) is 92.0 Å². The molecule has 34 heavy (non-hydrogen) atoms. The number of hydrogen-bond acceptors (Lipinski definition) is 5. The number of hydrogen-bond donors (Lipinski definition) is 2. The first-order chi connectivity index (χ1) is 16.5. The number of nitrogens with one attached hydrogen (secondary N) is 2. The maximum atomic E-state index is 15.0. The van der Waals surface area contributed by atoms with Crippen LogP contribution in [0.1, 0.15) is 37.7 Å². The summed E-state index contributed by atoms with van der Waals surface area (Å²) in [7, 11) is 0. The minimum atomic E-state index is -0.998. The van der Waals surface area contributed by atoms with E-state index in [1.54, 1.807) is 10.9 Å². The molecule has 3 fully saturated rings. The van der Waals surface area contributed by atoms with Crippen LogP contribution in [0.15, 0.2) is 24.5 Å². The van der Waals surface area contributed by atoms with Gasteiger partial charge in [-0.15, -0.1) is 0 Å². The van der Waals surface area contributed by atoms with Crippen molar-refractivity contribution in [1.82, 2.24) is 20.4 Å². The number of carbonyl (C=O) groups excluding carboxylic acids is 1. The van der Waals surface area contributed by atoms with Gasteiger partial charge in [-0.2, -0.15) is 10.4 Å². The number of rotatable bonds is 7. The number of ether oxygens (including phenoxy) is 1. The maximum absolute atomic E-state index is 15.0. The molecule has 1 aliphatic carbocycles. The van der Waals surface area contributed by atoms with Crippen LogP contribution in [0, 0.1) is 34.8 Å². The zero-order chi connectivity index (χ0) is 23.7. The molecule has 2 saturated heterocycles. The van der Waals surface area contributed by atoms with Crippen LogP contribution in [0.3, 0.4) is 0 Å². The molecule has 1 saturated carbocycles. The summed E-state index contributed by atoms with van der Waals surface area (Å²) in [6, 6.07) is 4.12. The van der Waals surface area contributed by atoms with E-state index in [1.807, 2.05) is 6.07 Å². The van der Waals surface area contributed by atoms with Gasteiger partial charge in [-0.25, -0.2) is 8.78 Å². The van der Waals surface area contributed by atoms with Crippen LogP contribution in [0.2, 0.25) is 0 Å².